The molecule has 1 amide bonds. The lowest BCUT2D eigenvalue weighted by molar-refractivity contribution is -0.144. The van der Waals surface area contributed by atoms with Gasteiger partial charge in [-0.05, 0) is 36.2 Å². The minimum Gasteiger partial charge on any atom is -0.497 e. The fraction of sp³-hybridized carbons (Fsp3) is 0.400. The molecule has 1 N–H and O–H groups in total. The molecule has 2 atom stereocenters. The molecule has 1 fully saturated rings. The lowest BCUT2D eigenvalue weighted by atomic mass is 9.93. The van der Waals surface area contributed by atoms with Crippen LogP contribution in [-0.2, 0) is 15.6 Å². The summed E-state index contributed by atoms with van der Waals surface area (Å²) in [4.78, 5) is 13.5. The third kappa shape index (κ3) is 8.46. The Morgan fingerprint density at radius 3 is 2.51 bits per heavy atom. The summed E-state index contributed by atoms with van der Waals surface area (Å²) in [6, 6.07) is 11.4. The van der Waals surface area contributed by atoms with Crippen molar-refractivity contribution in [1.82, 2.24) is 9.62 Å². The number of piperidine rings is 1. The predicted molar refractivity (Wildman–Crippen MR) is 140 cm³/mol. The second-order valence-corrected chi connectivity index (χ2v) is 11.4. The molecule has 3 rings (SSSR count). The summed E-state index contributed by atoms with van der Waals surface area (Å²) in [7, 11) is 0.0542. The first-order valence-electron chi connectivity index (χ1n) is 11.3. The first kappa shape index (κ1) is 29.5. The number of ether oxygens (including phenoxy) is 1. The van der Waals surface area contributed by atoms with E-state index in [4.69, 9.17) is 16.3 Å². The number of nitrogens with one attached hydrogen (secondary N) is 1. The number of benzene rings is 2. The summed E-state index contributed by atoms with van der Waals surface area (Å²) < 4.78 is 72.8. The molecule has 0 saturated carbocycles. The number of alkyl halides is 4. The first-order valence-corrected chi connectivity index (χ1v) is 14.1. The van der Waals surface area contributed by atoms with Gasteiger partial charge in [-0.15, -0.1) is 0 Å². The van der Waals surface area contributed by atoms with Gasteiger partial charge in [0.05, 0.1) is 19.6 Å². The van der Waals surface area contributed by atoms with Gasteiger partial charge in [0, 0.05) is 69.4 Å². The van der Waals surface area contributed by atoms with E-state index in [1.807, 2.05) is 34.6 Å². The smallest absolute Gasteiger partial charge is 0.391 e. The van der Waals surface area contributed by atoms with Crippen molar-refractivity contribution in [1.29, 1.82) is 0 Å². The van der Waals surface area contributed by atoms with Crippen LogP contribution in [0.5, 0.6) is 5.75 Å². The molecule has 37 heavy (non-hydrogen) atoms. The Hall–Kier alpha value is -2.08. The number of rotatable bonds is 9. The van der Waals surface area contributed by atoms with Crippen molar-refractivity contribution in [2.75, 3.05) is 26.5 Å². The third-order valence-electron chi connectivity index (χ3n) is 5.77. The zero-order valence-corrected chi connectivity index (χ0v) is 22.6. The number of halogens is 5. The number of nitrogens with zero attached hydrogens (tertiary/aromatic N) is 1. The molecule has 2 aromatic rings. The molecular weight excluding hydrogens is 552 g/mol. The fourth-order valence-corrected chi connectivity index (χ4v) is 5.51. The van der Waals surface area contributed by atoms with Crippen molar-refractivity contribution < 1.29 is 31.3 Å². The van der Waals surface area contributed by atoms with Crippen LogP contribution in [0.4, 0.5) is 17.6 Å². The van der Waals surface area contributed by atoms with Crippen LogP contribution in [0, 0.1) is 0 Å². The quantitative estimate of drug-likeness (QED) is 0.285. The summed E-state index contributed by atoms with van der Waals surface area (Å²) in [6.07, 6.45) is -4.06. The average Bonchev–Trinajstić information content (AvgIpc) is 2.83. The fourth-order valence-electron chi connectivity index (χ4n) is 3.82. The van der Waals surface area contributed by atoms with Gasteiger partial charge in [-0.2, -0.15) is 13.2 Å². The van der Waals surface area contributed by atoms with E-state index in [-0.39, 0.29) is 25.9 Å². The van der Waals surface area contributed by atoms with Crippen LogP contribution in [0.3, 0.4) is 0 Å². The van der Waals surface area contributed by atoms with E-state index in [2.05, 4.69) is 5.32 Å². The second kappa shape index (κ2) is 12.6. The van der Waals surface area contributed by atoms with Crippen LogP contribution in [0.2, 0.25) is 5.02 Å². The number of amides is 1. The van der Waals surface area contributed by atoms with Crippen molar-refractivity contribution in [3.05, 3.63) is 59.0 Å². The van der Waals surface area contributed by atoms with Gasteiger partial charge in [-0.25, -0.2) is 8.70 Å². The molecule has 5 nitrogen and oxygen atoms in total. The van der Waals surface area contributed by atoms with Crippen LogP contribution < -0.4 is 10.1 Å². The van der Waals surface area contributed by atoms with Crippen LogP contribution in [0.25, 0.3) is 11.1 Å². The Bertz CT molecular complexity index is 1150. The molecular formula is C25H27ClF4N2O3S2. The van der Waals surface area contributed by atoms with Gasteiger partial charge in [0.2, 0.25) is 0 Å². The van der Waals surface area contributed by atoms with E-state index < -0.39 is 41.0 Å². The normalized spacial score (nSPS) is 17.9. The highest BCUT2D eigenvalue weighted by atomic mass is 35.5. The lowest BCUT2D eigenvalue weighted by Gasteiger charge is -2.35. The number of hydrogen-bond donors (Lipinski definition) is 1. The Kier molecular flexibility index (Phi) is 10.1. The molecule has 0 bridgehead atoms. The highest BCUT2D eigenvalue weighted by molar-refractivity contribution is 7.97. The Labute approximate surface area is 225 Å². The molecule has 12 heteroatoms. The molecule has 2 unspecified atom stereocenters. The van der Waals surface area contributed by atoms with Crippen LogP contribution in [0.1, 0.15) is 19.3 Å². The molecule has 1 aliphatic heterocycles. The van der Waals surface area contributed by atoms with Crippen LogP contribution in [0.15, 0.2) is 58.8 Å². The van der Waals surface area contributed by atoms with Crippen molar-refractivity contribution >= 4 is 40.3 Å². The monoisotopic (exact) mass is 578 g/mol. The van der Waals surface area contributed by atoms with E-state index in [0.717, 1.165) is 27.5 Å². The maximum atomic E-state index is 15.5. The molecule has 202 valence electrons. The van der Waals surface area contributed by atoms with E-state index in [1.54, 1.807) is 19.2 Å². The van der Waals surface area contributed by atoms with Gasteiger partial charge in [0.25, 0.3) is 5.91 Å². The topological polar surface area (TPSA) is 58.6 Å². The van der Waals surface area contributed by atoms with Gasteiger partial charge in [-0.3, -0.25) is 9.00 Å². The maximum absolute atomic E-state index is 15.5. The van der Waals surface area contributed by atoms with Crippen molar-refractivity contribution in [3.63, 3.8) is 0 Å². The van der Waals surface area contributed by atoms with Gasteiger partial charge in [0.15, 0.2) is 5.67 Å². The molecule has 0 spiro atoms. The molecule has 0 aliphatic carbocycles. The molecule has 0 radical (unpaired) electrons. The Morgan fingerprint density at radius 2 is 1.92 bits per heavy atom. The van der Waals surface area contributed by atoms with Crippen molar-refractivity contribution in [2.24, 2.45) is 0 Å². The largest absolute Gasteiger partial charge is 0.497 e. The van der Waals surface area contributed by atoms with Crippen LogP contribution in [-0.4, -0.2) is 58.8 Å². The van der Waals surface area contributed by atoms with E-state index in [0.29, 0.717) is 10.8 Å². The number of methoxy groups -OCH3 is 1. The zero-order valence-electron chi connectivity index (χ0n) is 20.2. The van der Waals surface area contributed by atoms with Gasteiger partial charge < -0.3 is 10.1 Å². The van der Waals surface area contributed by atoms with E-state index in [1.165, 1.54) is 18.2 Å². The van der Waals surface area contributed by atoms with E-state index >= 15 is 4.39 Å². The number of carbonyl (C=O) groups excluding carboxylic acids is 1. The van der Waals surface area contributed by atoms with E-state index in [9.17, 15) is 22.2 Å². The average molecular weight is 579 g/mol. The Balaban J connectivity index is 1.70. The van der Waals surface area contributed by atoms with Gasteiger partial charge in [0.1, 0.15) is 5.75 Å². The molecule has 1 heterocycles. The lowest BCUT2D eigenvalue weighted by Crippen LogP contribution is -2.52. The number of hydrogen-bond acceptors (Lipinski definition) is 5. The first-order chi connectivity index (χ1) is 17.4. The predicted octanol–water partition coefficient (Wildman–Crippen LogP) is 6.16. The van der Waals surface area contributed by atoms with Crippen molar-refractivity contribution in [2.45, 2.75) is 42.0 Å². The molecule has 2 aromatic carbocycles. The zero-order chi connectivity index (χ0) is 27.2. The SMILES string of the molecule is COc1ccc(SN2CCC(F)(C(=O)NC(/C=C\S(C)=O)CC(F)(F)F)CC2)c(-c2ccccc2Cl)c1. The van der Waals surface area contributed by atoms with Crippen LogP contribution >= 0.6 is 23.5 Å². The maximum Gasteiger partial charge on any atom is 0.391 e. The third-order valence-corrected chi connectivity index (χ3v) is 7.82. The van der Waals surface area contributed by atoms with Crippen molar-refractivity contribution in [3.8, 4) is 16.9 Å². The highest BCUT2D eigenvalue weighted by Gasteiger charge is 2.43. The molecule has 1 aliphatic rings. The summed E-state index contributed by atoms with van der Waals surface area (Å²) >= 11 is 7.80. The number of carbonyl (C=O) groups is 1. The standard InChI is InChI=1S/C25H27ClF4N2O3S2/c1-35-18-7-8-22(20(15-18)19-5-3-4-6-21(19)26)36-32-12-10-24(27,11-13-32)23(33)31-17(9-14-37(2)34)16-25(28,29)30/h3-9,14-15,17H,10-13,16H2,1-2H3,(H,31,33)/b14-9-. The Morgan fingerprint density at radius 1 is 1.24 bits per heavy atom. The minimum absolute atomic E-state index is 0.189. The summed E-state index contributed by atoms with van der Waals surface area (Å²) in [5.41, 5.74) is -0.676. The minimum atomic E-state index is -4.58. The molecule has 1 saturated heterocycles. The van der Waals surface area contributed by atoms with Gasteiger partial charge in [-0.1, -0.05) is 35.9 Å². The second-order valence-electron chi connectivity index (χ2n) is 8.55. The highest BCUT2D eigenvalue weighted by Crippen LogP contribution is 2.41. The van der Waals surface area contributed by atoms with Gasteiger partial charge >= 0.3 is 6.18 Å². The summed E-state index contributed by atoms with van der Waals surface area (Å²) in [5.74, 6) is -0.453. The summed E-state index contributed by atoms with van der Waals surface area (Å²) in [5, 5.41) is 3.75. The summed E-state index contributed by atoms with van der Waals surface area (Å²) in [6.45, 7) is 0.392. The molecule has 0 aromatic heterocycles.